The highest BCUT2D eigenvalue weighted by Crippen LogP contribution is 2.10. The van der Waals surface area contributed by atoms with Gasteiger partial charge in [0, 0.05) is 32.6 Å². The second kappa shape index (κ2) is 5.72. The summed E-state index contributed by atoms with van der Waals surface area (Å²) in [7, 11) is 1.68. The summed E-state index contributed by atoms with van der Waals surface area (Å²) in [6, 6.07) is 0. The lowest BCUT2D eigenvalue weighted by molar-refractivity contribution is 0.192. The van der Waals surface area contributed by atoms with E-state index >= 15 is 0 Å². The Morgan fingerprint density at radius 2 is 2.36 bits per heavy atom. The average Bonchev–Trinajstić information content (AvgIpc) is 2.66. The standard InChI is InChI=1S/C9H17N3O2/c1-7(6-10)9-11-8(14-12-9)4-3-5-13-2/h7H,3-6,10H2,1-2H3. The number of methoxy groups -OCH3 is 1. The van der Waals surface area contributed by atoms with Crippen LogP contribution in [0.25, 0.3) is 0 Å². The van der Waals surface area contributed by atoms with E-state index in [1.54, 1.807) is 7.11 Å². The molecule has 80 valence electrons. The summed E-state index contributed by atoms with van der Waals surface area (Å²) in [5.41, 5.74) is 5.49. The van der Waals surface area contributed by atoms with Crippen molar-refractivity contribution in [3.63, 3.8) is 0 Å². The largest absolute Gasteiger partial charge is 0.385 e. The van der Waals surface area contributed by atoms with Gasteiger partial charge in [-0.15, -0.1) is 0 Å². The first-order valence-corrected chi connectivity index (χ1v) is 4.79. The van der Waals surface area contributed by atoms with Crippen molar-refractivity contribution in [2.24, 2.45) is 5.73 Å². The lowest BCUT2D eigenvalue weighted by atomic mass is 10.2. The quantitative estimate of drug-likeness (QED) is 0.683. The maximum absolute atomic E-state index is 5.49. The fourth-order valence-electron chi connectivity index (χ4n) is 1.04. The van der Waals surface area contributed by atoms with E-state index in [2.05, 4.69) is 10.1 Å². The van der Waals surface area contributed by atoms with Gasteiger partial charge in [0.1, 0.15) is 0 Å². The molecule has 0 fully saturated rings. The fourth-order valence-corrected chi connectivity index (χ4v) is 1.04. The molecule has 0 aromatic carbocycles. The highest BCUT2D eigenvalue weighted by atomic mass is 16.5. The van der Waals surface area contributed by atoms with Gasteiger partial charge >= 0.3 is 0 Å². The van der Waals surface area contributed by atoms with E-state index in [4.69, 9.17) is 15.0 Å². The molecule has 0 saturated carbocycles. The number of nitrogens with two attached hydrogens (primary N) is 1. The first kappa shape index (κ1) is 11.1. The van der Waals surface area contributed by atoms with Crippen LogP contribution in [0.3, 0.4) is 0 Å². The maximum atomic E-state index is 5.49. The highest BCUT2D eigenvalue weighted by Gasteiger charge is 2.11. The van der Waals surface area contributed by atoms with E-state index in [9.17, 15) is 0 Å². The molecule has 0 bridgehead atoms. The number of hydrogen-bond acceptors (Lipinski definition) is 5. The van der Waals surface area contributed by atoms with Crippen LogP contribution in [0.1, 0.15) is 31.0 Å². The predicted octanol–water partition coefficient (Wildman–Crippen LogP) is 0.711. The molecule has 1 rings (SSSR count). The Balaban J connectivity index is 2.42. The summed E-state index contributed by atoms with van der Waals surface area (Å²) in [4.78, 5) is 4.24. The molecule has 0 aliphatic heterocycles. The molecule has 1 unspecified atom stereocenters. The highest BCUT2D eigenvalue weighted by molar-refractivity contribution is 4.94. The molecule has 1 aromatic rings. The van der Waals surface area contributed by atoms with Crippen molar-refractivity contribution in [1.82, 2.24) is 10.1 Å². The third-order valence-electron chi connectivity index (χ3n) is 2.02. The van der Waals surface area contributed by atoms with E-state index in [-0.39, 0.29) is 5.92 Å². The molecule has 0 saturated heterocycles. The van der Waals surface area contributed by atoms with Crippen molar-refractivity contribution in [3.05, 3.63) is 11.7 Å². The number of ether oxygens (including phenoxy) is 1. The van der Waals surface area contributed by atoms with Crippen LogP contribution in [0, 0.1) is 0 Å². The normalized spacial score (nSPS) is 13.1. The molecule has 0 aliphatic carbocycles. The molecular weight excluding hydrogens is 182 g/mol. The van der Waals surface area contributed by atoms with Crippen LogP contribution in [-0.2, 0) is 11.2 Å². The maximum Gasteiger partial charge on any atom is 0.226 e. The smallest absolute Gasteiger partial charge is 0.226 e. The zero-order valence-electron chi connectivity index (χ0n) is 8.69. The first-order valence-electron chi connectivity index (χ1n) is 4.79. The number of aryl methyl sites for hydroxylation is 1. The van der Waals surface area contributed by atoms with Gasteiger partial charge in [-0.3, -0.25) is 0 Å². The molecule has 1 atom stereocenters. The SMILES string of the molecule is COCCCc1nc(C(C)CN)no1. The molecule has 14 heavy (non-hydrogen) atoms. The van der Waals surface area contributed by atoms with Crippen LogP contribution < -0.4 is 5.73 Å². The predicted molar refractivity (Wildman–Crippen MR) is 52.0 cm³/mol. The summed E-state index contributed by atoms with van der Waals surface area (Å²) >= 11 is 0. The van der Waals surface area contributed by atoms with Crippen molar-refractivity contribution >= 4 is 0 Å². The van der Waals surface area contributed by atoms with Gasteiger partial charge in [-0.1, -0.05) is 12.1 Å². The second-order valence-electron chi connectivity index (χ2n) is 3.28. The van der Waals surface area contributed by atoms with E-state index in [1.807, 2.05) is 6.92 Å². The molecule has 1 heterocycles. The van der Waals surface area contributed by atoms with Crippen LogP contribution >= 0.6 is 0 Å². The van der Waals surface area contributed by atoms with Gasteiger partial charge in [0.25, 0.3) is 0 Å². The van der Waals surface area contributed by atoms with Gasteiger partial charge in [-0.25, -0.2) is 0 Å². The van der Waals surface area contributed by atoms with E-state index in [0.717, 1.165) is 12.8 Å². The number of nitrogens with zero attached hydrogens (tertiary/aromatic N) is 2. The summed E-state index contributed by atoms with van der Waals surface area (Å²) in [5.74, 6) is 1.52. The monoisotopic (exact) mass is 199 g/mol. The van der Waals surface area contributed by atoms with Gasteiger partial charge < -0.3 is 15.0 Å². The Bertz CT molecular complexity index is 262. The minimum Gasteiger partial charge on any atom is -0.385 e. The molecule has 0 spiro atoms. The Morgan fingerprint density at radius 3 is 3.00 bits per heavy atom. The summed E-state index contributed by atoms with van der Waals surface area (Å²) in [5, 5.41) is 3.86. The number of rotatable bonds is 6. The molecule has 0 radical (unpaired) electrons. The van der Waals surface area contributed by atoms with Crippen LogP contribution in [-0.4, -0.2) is 30.4 Å². The second-order valence-corrected chi connectivity index (χ2v) is 3.28. The first-order chi connectivity index (χ1) is 6.77. The van der Waals surface area contributed by atoms with Crippen molar-refractivity contribution in [1.29, 1.82) is 0 Å². The van der Waals surface area contributed by atoms with Crippen molar-refractivity contribution in [2.45, 2.75) is 25.7 Å². The zero-order chi connectivity index (χ0) is 10.4. The van der Waals surface area contributed by atoms with Gasteiger partial charge in [0.15, 0.2) is 5.82 Å². The minimum absolute atomic E-state index is 0.162. The molecule has 0 amide bonds. The minimum atomic E-state index is 0.162. The third-order valence-corrected chi connectivity index (χ3v) is 2.02. The van der Waals surface area contributed by atoms with Gasteiger partial charge in [-0.05, 0) is 6.42 Å². The molecule has 5 heteroatoms. The van der Waals surface area contributed by atoms with Crippen LogP contribution in [0.4, 0.5) is 0 Å². The van der Waals surface area contributed by atoms with Crippen LogP contribution in [0.15, 0.2) is 4.52 Å². The van der Waals surface area contributed by atoms with Gasteiger partial charge in [0.05, 0.1) is 0 Å². The Kier molecular flexibility index (Phi) is 4.55. The van der Waals surface area contributed by atoms with Crippen molar-refractivity contribution < 1.29 is 9.26 Å². The molecule has 2 N–H and O–H groups in total. The van der Waals surface area contributed by atoms with Crippen molar-refractivity contribution in [2.75, 3.05) is 20.3 Å². The average molecular weight is 199 g/mol. The van der Waals surface area contributed by atoms with E-state index < -0.39 is 0 Å². The summed E-state index contributed by atoms with van der Waals surface area (Å²) in [6.45, 7) is 3.23. The molecule has 1 aromatic heterocycles. The van der Waals surface area contributed by atoms with E-state index in [0.29, 0.717) is 24.9 Å². The Hall–Kier alpha value is -0.940. The molecular formula is C9H17N3O2. The Morgan fingerprint density at radius 1 is 1.57 bits per heavy atom. The van der Waals surface area contributed by atoms with Gasteiger partial charge in [-0.2, -0.15) is 4.98 Å². The van der Waals surface area contributed by atoms with Crippen LogP contribution in [0.2, 0.25) is 0 Å². The topological polar surface area (TPSA) is 74.2 Å². The third kappa shape index (κ3) is 3.08. The van der Waals surface area contributed by atoms with E-state index in [1.165, 1.54) is 0 Å². The number of hydrogen-bond donors (Lipinski definition) is 1. The zero-order valence-corrected chi connectivity index (χ0v) is 8.69. The molecule has 5 nitrogen and oxygen atoms in total. The van der Waals surface area contributed by atoms with Crippen molar-refractivity contribution in [3.8, 4) is 0 Å². The number of aromatic nitrogens is 2. The van der Waals surface area contributed by atoms with Gasteiger partial charge in [0.2, 0.25) is 5.89 Å². The summed E-state index contributed by atoms with van der Waals surface area (Å²) in [6.07, 6.45) is 1.66. The fraction of sp³-hybridized carbons (Fsp3) is 0.778. The Labute approximate surface area is 83.6 Å². The molecule has 0 aliphatic rings. The lowest BCUT2D eigenvalue weighted by Crippen LogP contribution is -2.10. The lowest BCUT2D eigenvalue weighted by Gasteiger charge is -1.98. The van der Waals surface area contributed by atoms with Crippen LogP contribution in [0.5, 0.6) is 0 Å². The summed E-state index contributed by atoms with van der Waals surface area (Å²) < 4.78 is 9.99.